The van der Waals surface area contributed by atoms with Gasteiger partial charge in [0.25, 0.3) is 5.91 Å². The number of ether oxygens (including phenoxy) is 1. The van der Waals surface area contributed by atoms with Crippen molar-refractivity contribution >= 4 is 5.91 Å². The van der Waals surface area contributed by atoms with Gasteiger partial charge in [-0.1, -0.05) is 30.3 Å². The molecule has 1 heterocycles. The maximum absolute atomic E-state index is 12.7. The molecule has 5 nitrogen and oxygen atoms in total. The Balaban J connectivity index is 1.33. The summed E-state index contributed by atoms with van der Waals surface area (Å²) in [5.41, 5.74) is 1.84. The van der Waals surface area contributed by atoms with Gasteiger partial charge in [-0.05, 0) is 61.0 Å². The molecule has 0 saturated carbocycles. The van der Waals surface area contributed by atoms with Crippen LogP contribution in [0.15, 0.2) is 78.9 Å². The lowest BCUT2D eigenvalue weighted by Crippen LogP contribution is -2.49. The number of piperazine rings is 1. The van der Waals surface area contributed by atoms with Crippen molar-refractivity contribution in [1.82, 2.24) is 9.80 Å². The van der Waals surface area contributed by atoms with Crippen molar-refractivity contribution in [2.45, 2.75) is 13.0 Å². The van der Waals surface area contributed by atoms with Crippen LogP contribution in [0.25, 0.3) is 0 Å². The average Bonchev–Trinajstić information content (AvgIpc) is 2.80. The molecular weight excluding hydrogens is 376 g/mol. The highest BCUT2D eigenvalue weighted by Crippen LogP contribution is 2.26. The van der Waals surface area contributed by atoms with Crippen molar-refractivity contribution in [2.24, 2.45) is 0 Å². The van der Waals surface area contributed by atoms with Crippen LogP contribution in [0, 0.1) is 0 Å². The summed E-state index contributed by atoms with van der Waals surface area (Å²) in [6.07, 6.45) is 0. The Morgan fingerprint density at radius 3 is 2.07 bits per heavy atom. The third kappa shape index (κ3) is 4.63. The van der Waals surface area contributed by atoms with E-state index in [2.05, 4.69) is 24.0 Å². The number of carbonyl (C=O) groups excluding carboxylic acids is 1. The van der Waals surface area contributed by atoms with E-state index in [1.54, 1.807) is 24.3 Å². The molecule has 0 spiro atoms. The largest absolute Gasteiger partial charge is 0.508 e. The summed E-state index contributed by atoms with van der Waals surface area (Å²) in [5.74, 6) is 1.84. The van der Waals surface area contributed by atoms with Gasteiger partial charge in [0, 0.05) is 37.8 Å². The average molecular weight is 402 g/mol. The number of aromatic hydroxyl groups is 1. The monoisotopic (exact) mass is 402 g/mol. The van der Waals surface area contributed by atoms with Crippen molar-refractivity contribution in [2.75, 3.05) is 26.2 Å². The van der Waals surface area contributed by atoms with Crippen LogP contribution in [0.1, 0.15) is 28.9 Å². The highest BCUT2D eigenvalue weighted by molar-refractivity contribution is 5.94. The third-order valence-electron chi connectivity index (χ3n) is 5.60. The number of hydrogen-bond acceptors (Lipinski definition) is 4. The lowest BCUT2D eigenvalue weighted by atomic mass is 10.1. The molecule has 154 valence electrons. The Hall–Kier alpha value is -3.31. The number of benzene rings is 3. The van der Waals surface area contributed by atoms with Crippen LogP contribution in [-0.2, 0) is 0 Å². The zero-order valence-electron chi connectivity index (χ0n) is 17.1. The van der Waals surface area contributed by atoms with Crippen molar-refractivity contribution in [3.05, 3.63) is 90.0 Å². The van der Waals surface area contributed by atoms with Gasteiger partial charge in [0.1, 0.15) is 17.2 Å². The molecule has 1 amide bonds. The first-order valence-corrected chi connectivity index (χ1v) is 10.3. The Labute approximate surface area is 177 Å². The van der Waals surface area contributed by atoms with Crippen LogP contribution in [0.2, 0.25) is 0 Å². The molecule has 3 aromatic rings. The van der Waals surface area contributed by atoms with Gasteiger partial charge < -0.3 is 14.7 Å². The summed E-state index contributed by atoms with van der Waals surface area (Å²) < 4.78 is 5.87. The summed E-state index contributed by atoms with van der Waals surface area (Å²) in [7, 11) is 0. The zero-order chi connectivity index (χ0) is 20.9. The quantitative estimate of drug-likeness (QED) is 0.672. The van der Waals surface area contributed by atoms with E-state index in [0.717, 1.165) is 24.6 Å². The molecular formula is C25H26N2O3. The van der Waals surface area contributed by atoms with Crippen molar-refractivity contribution in [3.8, 4) is 17.2 Å². The van der Waals surface area contributed by atoms with Crippen LogP contribution >= 0.6 is 0 Å². The summed E-state index contributed by atoms with van der Waals surface area (Å²) in [4.78, 5) is 16.9. The van der Waals surface area contributed by atoms with Gasteiger partial charge in [-0.2, -0.15) is 0 Å². The highest BCUT2D eigenvalue weighted by Gasteiger charge is 2.25. The minimum absolute atomic E-state index is 0.0183. The molecule has 3 aromatic carbocycles. The standard InChI is InChI=1S/C25H26N2O3/c1-19(20-9-13-24(14-10-20)30-23-5-3-2-4-6-23)26-15-17-27(18-16-26)25(29)21-7-11-22(28)12-8-21/h2-14,19,28H,15-18H2,1H3. The fourth-order valence-electron chi connectivity index (χ4n) is 3.75. The molecule has 5 heteroatoms. The number of phenolic OH excluding ortho intramolecular Hbond substituents is 1. The second-order valence-electron chi connectivity index (χ2n) is 7.54. The molecule has 1 saturated heterocycles. The van der Waals surface area contributed by atoms with E-state index in [1.165, 1.54) is 5.56 Å². The molecule has 1 aliphatic heterocycles. The van der Waals surface area contributed by atoms with Gasteiger partial charge in [0.15, 0.2) is 0 Å². The van der Waals surface area contributed by atoms with Crippen molar-refractivity contribution in [3.63, 3.8) is 0 Å². The third-order valence-corrected chi connectivity index (χ3v) is 5.60. The molecule has 0 radical (unpaired) electrons. The van der Waals surface area contributed by atoms with Gasteiger partial charge >= 0.3 is 0 Å². The Bertz CT molecular complexity index is 964. The molecule has 1 unspecified atom stereocenters. The van der Waals surface area contributed by atoms with E-state index >= 15 is 0 Å². The summed E-state index contributed by atoms with van der Waals surface area (Å²) >= 11 is 0. The van der Waals surface area contributed by atoms with Crippen LogP contribution < -0.4 is 4.74 Å². The van der Waals surface area contributed by atoms with Gasteiger partial charge in [0.05, 0.1) is 0 Å². The maximum atomic E-state index is 12.7. The number of phenols is 1. The molecule has 30 heavy (non-hydrogen) atoms. The van der Waals surface area contributed by atoms with E-state index in [1.807, 2.05) is 47.4 Å². The fourth-order valence-corrected chi connectivity index (χ4v) is 3.75. The van der Waals surface area contributed by atoms with E-state index in [4.69, 9.17) is 4.74 Å². The smallest absolute Gasteiger partial charge is 0.253 e. The minimum Gasteiger partial charge on any atom is -0.508 e. The Kier molecular flexibility index (Phi) is 6.00. The summed E-state index contributed by atoms with van der Waals surface area (Å²) in [5, 5.41) is 9.40. The normalized spacial score (nSPS) is 15.6. The van der Waals surface area contributed by atoms with Crippen LogP contribution in [0.4, 0.5) is 0 Å². The van der Waals surface area contributed by atoms with E-state index in [0.29, 0.717) is 18.7 Å². The van der Waals surface area contributed by atoms with Crippen LogP contribution in [0.3, 0.4) is 0 Å². The summed E-state index contributed by atoms with van der Waals surface area (Å²) in [6, 6.07) is 24.7. The van der Waals surface area contributed by atoms with Gasteiger partial charge in [0.2, 0.25) is 0 Å². The fraction of sp³-hybridized carbons (Fsp3) is 0.240. The first kappa shape index (κ1) is 20.0. The van der Waals surface area contributed by atoms with Gasteiger partial charge in [-0.25, -0.2) is 0 Å². The van der Waals surface area contributed by atoms with E-state index in [-0.39, 0.29) is 17.7 Å². The number of carbonyl (C=O) groups is 1. The Morgan fingerprint density at radius 2 is 1.43 bits per heavy atom. The van der Waals surface area contributed by atoms with E-state index in [9.17, 15) is 9.90 Å². The van der Waals surface area contributed by atoms with Crippen molar-refractivity contribution < 1.29 is 14.6 Å². The molecule has 1 fully saturated rings. The predicted octanol–water partition coefficient (Wildman–Crippen LogP) is 4.70. The lowest BCUT2D eigenvalue weighted by molar-refractivity contribution is 0.0582. The van der Waals surface area contributed by atoms with Gasteiger partial charge in [-0.3, -0.25) is 9.69 Å². The highest BCUT2D eigenvalue weighted by atomic mass is 16.5. The first-order chi connectivity index (χ1) is 14.6. The van der Waals surface area contributed by atoms with E-state index < -0.39 is 0 Å². The molecule has 0 aromatic heterocycles. The molecule has 0 aliphatic carbocycles. The minimum atomic E-state index is 0.0183. The summed E-state index contributed by atoms with van der Waals surface area (Å²) in [6.45, 7) is 5.24. The molecule has 1 atom stereocenters. The molecule has 1 aliphatic rings. The first-order valence-electron chi connectivity index (χ1n) is 10.3. The number of hydrogen-bond donors (Lipinski definition) is 1. The number of amides is 1. The topological polar surface area (TPSA) is 53.0 Å². The number of rotatable bonds is 5. The molecule has 0 bridgehead atoms. The lowest BCUT2D eigenvalue weighted by Gasteiger charge is -2.38. The van der Waals surface area contributed by atoms with Crippen LogP contribution in [0.5, 0.6) is 17.2 Å². The second kappa shape index (κ2) is 9.01. The Morgan fingerprint density at radius 1 is 0.833 bits per heavy atom. The molecule has 1 N–H and O–H groups in total. The maximum Gasteiger partial charge on any atom is 0.253 e. The van der Waals surface area contributed by atoms with Gasteiger partial charge in [-0.15, -0.1) is 0 Å². The number of para-hydroxylation sites is 1. The zero-order valence-corrected chi connectivity index (χ0v) is 17.1. The molecule has 4 rings (SSSR count). The SMILES string of the molecule is CC(c1ccc(Oc2ccccc2)cc1)N1CCN(C(=O)c2ccc(O)cc2)CC1. The number of nitrogens with zero attached hydrogens (tertiary/aromatic N) is 2. The second-order valence-corrected chi connectivity index (χ2v) is 7.54. The predicted molar refractivity (Wildman–Crippen MR) is 117 cm³/mol. The van der Waals surface area contributed by atoms with Crippen LogP contribution in [-0.4, -0.2) is 47.0 Å². The van der Waals surface area contributed by atoms with Crippen molar-refractivity contribution in [1.29, 1.82) is 0 Å².